The maximum absolute atomic E-state index is 12.3. The first-order valence-electron chi connectivity index (χ1n) is 5.68. The molecule has 2 rings (SSSR count). The van der Waals surface area contributed by atoms with Gasteiger partial charge in [-0.3, -0.25) is 9.36 Å². The van der Waals surface area contributed by atoms with Crippen LogP contribution in [0.1, 0.15) is 10.5 Å². The number of nitrogens with zero attached hydrogens (tertiary/aromatic N) is 3. The van der Waals surface area contributed by atoms with E-state index in [-0.39, 0.29) is 5.69 Å². The first-order chi connectivity index (χ1) is 8.99. The summed E-state index contributed by atoms with van der Waals surface area (Å²) < 4.78 is 2.75. The molecule has 0 radical (unpaired) electrons. The molecule has 1 aromatic carbocycles. The predicted octanol–water partition coefficient (Wildman–Crippen LogP) is 1.71. The Morgan fingerprint density at radius 2 is 1.89 bits per heavy atom. The fraction of sp³-hybridized carbons (Fsp3) is 0.231. The highest BCUT2D eigenvalue weighted by molar-refractivity contribution is 6.32. The van der Waals surface area contributed by atoms with Gasteiger partial charge in [0.1, 0.15) is 11.5 Å². The highest BCUT2D eigenvalue weighted by atomic mass is 35.5. The number of carbonyl (C=O) groups is 1. The van der Waals surface area contributed by atoms with E-state index in [9.17, 15) is 9.59 Å². The fourth-order valence-corrected chi connectivity index (χ4v) is 2.24. The third kappa shape index (κ3) is 2.06. The molecular weight excluding hydrogens is 266 g/mol. The molecule has 0 amide bonds. The number of hydrogen-bond acceptors (Lipinski definition) is 3. The van der Waals surface area contributed by atoms with Crippen molar-refractivity contribution in [3.63, 3.8) is 0 Å². The Morgan fingerprint density at radius 1 is 1.26 bits per heavy atom. The van der Waals surface area contributed by atoms with Gasteiger partial charge in [0, 0.05) is 21.1 Å². The van der Waals surface area contributed by atoms with E-state index in [1.165, 1.54) is 9.13 Å². The lowest BCUT2D eigenvalue weighted by Crippen LogP contribution is -2.23. The lowest BCUT2D eigenvalue weighted by atomic mass is 10.3. The number of hydrogen-bond donors (Lipinski definition) is 0. The SMILES string of the molecule is CN(C)c1c(C=O)n(C)c(=O)n1-c1ccccc1Cl. The van der Waals surface area contributed by atoms with E-state index in [1.54, 1.807) is 50.3 Å². The average Bonchev–Trinajstić information content (AvgIpc) is 2.63. The molecule has 0 spiro atoms. The second kappa shape index (κ2) is 4.93. The highest BCUT2D eigenvalue weighted by Gasteiger charge is 2.21. The number of benzene rings is 1. The van der Waals surface area contributed by atoms with Gasteiger partial charge in [0.25, 0.3) is 0 Å². The standard InChI is InChI=1S/C13H14ClN3O2/c1-15(2)12-11(8-18)16(3)13(19)17(12)10-7-5-4-6-9(10)14/h4-8H,1-3H3. The molecule has 2 aromatic rings. The molecule has 0 aliphatic carbocycles. The van der Waals surface area contributed by atoms with Crippen LogP contribution in [0.3, 0.4) is 0 Å². The smallest absolute Gasteiger partial charge is 0.334 e. The molecule has 0 N–H and O–H groups in total. The fourth-order valence-electron chi connectivity index (χ4n) is 2.02. The number of carbonyl (C=O) groups excluding carboxylic acids is 1. The summed E-state index contributed by atoms with van der Waals surface area (Å²) in [7, 11) is 5.11. The largest absolute Gasteiger partial charge is 0.362 e. The van der Waals surface area contributed by atoms with Crippen molar-refractivity contribution >= 4 is 23.7 Å². The van der Waals surface area contributed by atoms with Crippen molar-refractivity contribution in [3.05, 3.63) is 45.5 Å². The molecule has 1 heterocycles. The van der Waals surface area contributed by atoms with Crippen LogP contribution < -0.4 is 10.6 Å². The molecule has 1 aromatic heterocycles. The molecule has 0 aliphatic rings. The van der Waals surface area contributed by atoms with Crippen molar-refractivity contribution in [2.75, 3.05) is 19.0 Å². The second-order valence-electron chi connectivity index (χ2n) is 4.35. The van der Waals surface area contributed by atoms with E-state index in [0.29, 0.717) is 28.5 Å². The molecule has 0 fully saturated rings. The van der Waals surface area contributed by atoms with E-state index in [0.717, 1.165) is 0 Å². The Hall–Kier alpha value is -2.01. The molecule has 0 saturated heterocycles. The summed E-state index contributed by atoms with van der Waals surface area (Å²) in [5, 5.41) is 0.454. The molecule has 100 valence electrons. The summed E-state index contributed by atoms with van der Waals surface area (Å²) in [5.41, 5.74) is 0.565. The quantitative estimate of drug-likeness (QED) is 0.804. The van der Waals surface area contributed by atoms with Crippen molar-refractivity contribution in [2.24, 2.45) is 7.05 Å². The minimum atomic E-state index is -0.307. The zero-order valence-corrected chi connectivity index (χ0v) is 11.7. The molecule has 0 saturated carbocycles. The van der Waals surface area contributed by atoms with Gasteiger partial charge in [-0.1, -0.05) is 23.7 Å². The summed E-state index contributed by atoms with van der Waals surface area (Å²) in [6.07, 6.45) is 0.671. The Balaban J connectivity index is 2.88. The van der Waals surface area contributed by atoms with Gasteiger partial charge in [0.15, 0.2) is 6.29 Å². The number of anilines is 1. The average molecular weight is 280 g/mol. The lowest BCUT2D eigenvalue weighted by Gasteiger charge is -2.16. The van der Waals surface area contributed by atoms with E-state index in [4.69, 9.17) is 11.6 Å². The van der Waals surface area contributed by atoms with E-state index in [2.05, 4.69) is 0 Å². The number of aromatic nitrogens is 2. The Bertz CT molecular complexity index is 686. The first kappa shape index (κ1) is 13.4. The maximum Gasteiger partial charge on any atom is 0.334 e. The molecule has 0 unspecified atom stereocenters. The topological polar surface area (TPSA) is 47.2 Å². The van der Waals surface area contributed by atoms with Crippen molar-refractivity contribution in [1.29, 1.82) is 0 Å². The molecule has 6 heteroatoms. The normalized spacial score (nSPS) is 10.5. The van der Waals surface area contributed by atoms with Crippen molar-refractivity contribution < 1.29 is 4.79 Å². The number of imidazole rings is 1. The molecule has 0 bridgehead atoms. The van der Waals surface area contributed by atoms with Crippen LogP contribution >= 0.6 is 11.6 Å². The van der Waals surface area contributed by atoms with Gasteiger partial charge in [-0.15, -0.1) is 0 Å². The third-order valence-electron chi connectivity index (χ3n) is 2.91. The zero-order valence-electron chi connectivity index (χ0n) is 10.9. The minimum absolute atomic E-state index is 0.307. The van der Waals surface area contributed by atoms with Crippen LogP contribution in [0.4, 0.5) is 5.82 Å². The van der Waals surface area contributed by atoms with Gasteiger partial charge in [-0.25, -0.2) is 9.36 Å². The number of aldehydes is 1. The van der Waals surface area contributed by atoms with Crippen LogP contribution in [0, 0.1) is 0 Å². The molecular formula is C13H14ClN3O2. The van der Waals surface area contributed by atoms with Crippen LogP contribution in [-0.2, 0) is 7.05 Å². The lowest BCUT2D eigenvalue weighted by molar-refractivity contribution is 0.111. The first-order valence-corrected chi connectivity index (χ1v) is 6.06. The Morgan fingerprint density at radius 3 is 2.42 bits per heavy atom. The zero-order chi connectivity index (χ0) is 14.2. The minimum Gasteiger partial charge on any atom is -0.362 e. The summed E-state index contributed by atoms with van der Waals surface area (Å²) in [6.45, 7) is 0. The molecule has 19 heavy (non-hydrogen) atoms. The number of rotatable bonds is 3. The summed E-state index contributed by atoms with van der Waals surface area (Å²) in [4.78, 5) is 25.2. The molecule has 5 nitrogen and oxygen atoms in total. The Kier molecular flexibility index (Phi) is 3.48. The maximum atomic E-state index is 12.3. The predicted molar refractivity (Wildman–Crippen MR) is 75.7 cm³/mol. The third-order valence-corrected chi connectivity index (χ3v) is 3.23. The summed E-state index contributed by atoms with van der Waals surface area (Å²) in [5.74, 6) is 0.510. The van der Waals surface area contributed by atoms with Crippen LogP contribution in [0.2, 0.25) is 5.02 Å². The monoisotopic (exact) mass is 279 g/mol. The van der Waals surface area contributed by atoms with E-state index in [1.807, 2.05) is 0 Å². The van der Waals surface area contributed by atoms with Gasteiger partial charge < -0.3 is 4.90 Å². The highest BCUT2D eigenvalue weighted by Crippen LogP contribution is 2.25. The summed E-state index contributed by atoms with van der Waals surface area (Å²) in [6, 6.07) is 7.03. The van der Waals surface area contributed by atoms with E-state index < -0.39 is 0 Å². The number of para-hydroxylation sites is 1. The van der Waals surface area contributed by atoms with Crippen LogP contribution in [0.15, 0.2) is 29.1 Å². The van der Waals surface area contributed by atoms with E-state index >= 15 is 0 Å². The van der Waals surface area contributed by atoms with Gasteiger partial charge in [-0.2, -0.15) is 0 Å². The molecule has 0 atom stereocenters. The van der Waals surface area contributed by atoms with Gasteiger partial charge >= 0.3 is 5.69 Å². The van der Waals surface area contributed by atoms with Gasteiger partial charge in [0.05, 0.1) is 10.7 Å². The summed E-state index contributed by atoms with van der Waals surface area (Å²) >= 11 is 6.14. The molecule has 0 aliphatic heterocycles. The van der Waals surface area contributed by atoms with Crippen molar-refractivity contribution in [1.82, 2.24) is 9.13 Å². The van der Waals surface area contributed by atoms with Crippen molar-refractivity contribution in [3.8, 4) is 5.69 Å². The van der Waals surface area contributed by atoms with Crippen LogP contribution in [0.5, 0.6) is 0 Å². The number of halogens is 1. The van der Waals surface area contributed by atoms with Gasteiger partial charge in [-0.05, 0) is 12.1 Å². The van der Waals surface area contributed by atoms with Crippen LogP contribution in [0.25, 0.3) is 5.69 Å². The van der Waals surface area contributed by atoms with Crippen molar-refractivity contribution in [2.45, 2.75) is 0 Å². The Labute approximate surface area is 115 Å². The van der Waals surface area contributed by atoms with Crippen LogP contribution in [-0.4, -0.2) is 29.5 Å². The second-order valence-corrected chi connectivity index (χ2v) is 4.76. The van der Waals surface area contributed by atoms with Gasteiger partial charge in [0.2, 0.25) is 0 Å².